The third-order valence-corrected chi connectivity index (χ3v) is 5.73. The molecule has 1 unspecified atom stereocenters. The van der Waals surface area contributed by atoms with Crippen LogP contribution in [0.15, 0.2) is 30.3 Å². The summed E-state index contributed by atoms with van der Waals surface area (Å²) in [4.78, 5) is 22.6. The quantitative estimate of drug-likeness (QED) is 0.473. The van der Waals surface area contributed by atoms with Gasteiger partial charge in [-0.2, -0.15) is 0 Å². The number of nitrogens with one attached hydrogen (secondary N) is 1. The lowest BCUT2D eigenvalue weighted by molar-refractivity contribution is -0.107. The molecule has 3 nitrogen and oxygen atoms in total. The summed E-state index contributed by atoms with van der Waals surface area (Å²) in [6, 6.07) is 9.27. The number of rotatable bonds is 7. The topological polar surface area (TPSA) is 46.2 Å². The van der Waals surface area contributed by atoms with Crippen LogP contribution in [-0.2, 0) is 4.79 Å². The minimum Gasteiger partial charge on any atom is -0.352 e. The number of benzene rings is 1. The summed E-state index contributed by atoms with van der Waals surface area (Å²) >= 11 is 0. The molecule has 0 saturated heterocycles. The maximum absolute atomic E-state index is 12.2. The fourth-order valence-corrected chi connectivity index (χ4v) is 3.59. The molecule has 0 heterocycles. The fraction of sp³-hybridized carbons (Fsp3) is 0.467. The van der Waals surface area contributed by atoms with Crippen LogP contribution < -0.4 is 5.32 Å². The summed E-state index contributed by atoms with van der Waals surface area (Å²) in [6.07, 6.45) is 3.24. The first-order valence-corrected chi connectivity index (χ1v) is 10.3. The van der Waals surface area contributed by atoms with Crippen molar-refractivity contribution in [2.24, 2.45) is 0 Å². The number of aldehydes is 1. The number of hydrogen-bond acceptors (Lipinski definition) is 2. The van der Waals surface area contributed by atoms with Crippen LogP contribution in [0.1, 0.15) is 29.6 Å². The number of carbonyl (C=O) groups excluding carboxylic acids is 2. The third kappa shape index (κ3) is 5.38. The summed E-state index contributed by atoms with van der Waals surface area (Å²) < 4.78 is 0. The Bertz CT molecular complexity index is 412. The molecule has 0 aliphatic carbocycles. The van der Waals surface area contributed by atoms with E-state index in [1.54, 1.807) is 0 Å². The molecule has 0 aliphatic heterocycles. The second kappa shape index (κ2) is 7.24. The molecule has 1 amide bonds. The lowest BCUT2D eigenvalue weighted by Gasteiger charge is -2.30. The Morgan fingerprint density at radius 1 is 1.26 bits per heavy atom. The molecule has 0 fully saturated rings. The molecule has 1 atom stereocenters. The Morgan fingerprint density at radius 3 is 2.42 bits per heavy atom. The van der Waals surface area contributed by atoms with Gasteiger partial charge in [0.25, 0.3) is 5.91 Å². The van der Waals surface area contributed by atoms with Crippen LogP contribution in [0.25, 0.3) is 0 Å². The maximum atomic E-state index is 12.2. The molecule has 4 heteroatoms. The van der Waals surface area contributed by atoms with E-state index in [9.17, 15) is 9.59 Å². The van der Waals surface area contributed by atoms with Crippen molar-refractivity contribution in [1.29, 1.82) is 0 Å². The summed E-state index contributed by atoms with van der Waals surface area (Å²) in [6.45, 7) is 6.72. The molecule has 0 aliphatic rings. The maximum Gasteiger partial charge on any atom is 0.251 e. The Balaban J connectivity index is 2.67. The lowest BCUT2D eigenvalue weighted by atomic mass is 10.2. The highest BCUT2D eigenvalue weighted by Crippen LogP contribution is 2.15. The number of carbonyl (C=O) groups is 2. The summed E-state index contributed by atoms with van der Waals surface area (Å²) in [5, 5.41) is 3.14. The molecule has 0 saturated carbocycles. The van der Waals surface area contributed by atoms with Crippen LogP contribution in [0.4, 0.5) is 0 Å². The van der Waals surface area contributed by atoms with Crippen molar-refractivity contribution in [3.63, 3.8) is 0 Å². The molecule has 104 valence electrons. The van der Waals surface area contributed by atoms with Crippen molar-refractivity contribution in [3.05, 3.63) is 35.9 Å². The zero-order valence-electron chi connectivity index (χ0n) is 12.0. The third-order valence-electron chi connectivity index (χ3n) is 3.20. The predicted octanol–water partition coefficient (Wildman–Crippen LogP) is 3.03. The first kappa shape index (κ1) is 15.6. The SMILES string of the molecule is C[Si](C)(C)C(CCCC=O)NC(=O)c1ccccc1. The molecule has 1 N–H and O–H groups in total. The van der Waals surface area contributed by atoms with E-state index >= 15 is 0 Å². The van der Waals surface area contributed by atoms with Gasteiger partial charge in [0.2, 0.25) is 0 Å². The Hall–Kier alpha value is -1.42. The predicted molar refractivity (Wildman–Crippen MR) is 81.0 cm³/mol. The zero-order valence-corrected chi connectivity index (χ0v) is 13.0. The van der Waals surface area contributed by atoms with Crippen LogP contribution in [0.5, 0.6) is 0 Å². The standard InChI is InChI=1S/C15H23NO2Si/c1-19(2,3)14(11-7-8-12-17)16-15(18)13-9-5-4-6-10-13/h4-6,9-10,12,14H,7-8,11H2,1-3H3,(H,16,18). The highest BCUT2D eigenvalue weighted by molar-refractivity contribution is 6.77. The van der Waals surface area contributed by atoms with Gasteiger partial charge in [0.05, 0.1) is 8.07 Å². The molecular formula is C15H23NO2Si. The van der Waals surface area contributed by atoms with Crippen molar-refractivity contribution in [2.45, 2.75) is 44.6 Å². The largest absolute Gasteiger partial charge is 0.352 e. The molecule has 1 aromatic carbocycles. The number of amides is 1. The van der Waals surface area contributed by atoms with Gasteiger partial charge >= 0.3 is 0 Å². The van der Waals surface area contributed by atoms with Gasteiger partial charge in [0.15, 0.2) is 0 Å². The summed E-state index contributed by atoms with van der Waals surface area (Å²) in [5.74, 6) is -0.0147. The van der Waals surface area contributed by atoms with E-state index in [0.29, 0.717) is 12.0 Å². The molecule has 19 heavy (non-hydrogen) atoms. The van der Waals surface area contributed by atoms with Gasteiger partial charge in [-0.1, -0.05) is 37.8 Å². The van der Waals surface area contributed by atoms with E-state index in [1.165, 1.54) is 0 Å². The molecule has 0 spiro atoms. The highest BCUT2D eigenvalue weighted by atomic mass is 28.3. The first-order valence-electron chi connectivity index (χ1n) is 6.74. The van der Waals surface area contributed by atoms with Gasteiger partial charge < -0.3 is 10.1 Å². The van der Waals surface area contributed by atoms with E-state index in [0.717, 1.165) is 19.1 Å². The van der Waals surface area contributed by atoms with Crippen LogP contribution in [0, 0.1) is 0 Å². The average molecular weight is 277 g/mol. The van der Waals surface area contributed by atoms with Gasteiger partial charge in [0, 0.05) is 17.6 Å². The minimum atomic E-state index is -1.48. The molecule has 0 aromatic heterocycles. The summed E-state index contributed by atoms with van der Waals surface area (Å²) in [5.41, 5.74) is 0.904. The lowest BCUT2D eigenvalue weighted by Crippen LogP contribution is -2.50. The van der Waals surface area contributed by atoms with Gasteiger partial charge in [-0.15, -0.1) is 0 Å². The van der Waals surface area contributed by atoms with Gasteiger partial charge in [-0.25, -0.2) is 0 Å². The monoisotopic (exact) mass is 277 g/mol. The van der Waals surface area contributed by atoms with Gasteiger partial charge in [0.1, 0.15) is 6.29 Å². The van der Waals surface area contributed by atoms with E-state index in [1.807, 2.05) is 30.3 Å². The summed E-state index contributed by atoms with van der Waals surface area (Å²) in [7, 11) is -1.48. The average Bonchev–Trinajstić information content (AvgIpc) is 2.37. The molecule has 1 rings (SSSR count). The molecule has 0 radical (unpaired) electrons. The number of unbranched alkanes of at least 4 members (excludes halogenated alkanes) is 1. The van der Waals surface area contributed by atoms with E-state index in [2.05, 4.69) is 25.0 Å². The zero-order chi connectivity index (χ0) is 14.3. The Labute approximate surface area is 116 Å². The first-order chi connectivity index (χ1) is 8.95. The smallest absolute Gasteiger partial charge is 0.251 e. The second-order valence-electron chi connectivity index (χ2n) is 5.86. The van der Waals surface area contributed by atoms with Crippen molar-refractivity contribution in [2.75, 3.05) is 0 Å². The van der Waals surface area contributed by atoms with Crippen LogP contribution in [0.3, 0.4) is 0 Å². The molecule has 1 aromatic rings. The highest BCUT2D eigenvalue weighted by Gasteiger charge is 2.27. The molecule has 0 bridgehead atoms. The van der Waals surface area contributed by atoms with Crippen LogP contribution in [-0.4, -0.2) is 25.9 Å². The van der Waals surface area contributed by atoms with Crippen LogP contribution in [0.2, 0.25) is 19.6 Å². The van der Waals surface area contributed by atoms with Crippen molar-refractivity contribution >= 4 is 20.3 Å². The van der Waals surface area contributed by atoms with Crippen LogP contribution >= 0.6 is 0 Å². The van der Waals surface area contributed by atoms with Crippen molar-refractivity contribution < 1.29 is 9.59 Å². The minimum absolute atomic E-state index is 0.0147. The van der Waals surface area contributed by atoms with Gasteiger partial charge in [-0.3, -0.25) is 4.79 Å². The van der Waals surface area contributed by atoms with E-state index < -0.39 is 8.07 Å². The van der Waals surface area contributed by atoms with E-state index in [4.69, 9.17) is 0 Å². The van der Waals surface area contributed by atoms with Gasteiger partial charge in [-0.05, 0) is 25.0 Å². The Kier molecular flexibility index (Phi) is 5.95. The van der Waals surface area contributed by atoms with Crippen molar-refractivity contribution in [1.82, 2.24) is 5.32 Å². The van der Waals surface area contributed by atoms with Crippen molar-refractivity contribution in [3.8, 4) is 0 Å². The van der Waals surface area contributed by atoms with E-state index in [-0.39, 0.29) is 11.6 Å². The fourth-order valence-electron chi connectivity index (χ4n) is 1.96. The normalized spacial score (nSPS) is 12.8. The number of hydrogen-bond donors (Lipinski definition) is 1. The second-order valence-corrected chi connectivity index (χ2v) is 11.3. The Morgan fingerprint density at radius 2 is 1.89 bits per heavy atom. The molecular weight excluding hydrogens is 254 g/mol.